The first kappa shape index (κ1) is 19.8. The Labute approximate surface area is 139 Å². The zero-order valence-corrected chi connectivity index (χ0v) is 15.5. The molecule has 0 aliphatic heterocycles. The van der Waals surface area contributed by atoms with Gasteiger partial charge in [0.25, 0.3) is 0 Å². The highest BCUT2D eigenvalue weighted by Gasteiger charge is 2.37. The summed E-state index contributed by atoms with van der Waals surface area (Å²) in [7, 11) is -1.91. The van der Waals surface area contributed by atoms with Crippen LogP contribution < -0.4 is 0 Å². The molecule has 1 aromatic rings. The predicted octanol–water partition coefficient (Wildman–Crippen LogP) is 3.60. The van der Waals surface area contributed by atoms with Gasteiger partial charge in [0.2, 0.25) is 0 Å². The van der Waals surface area contributed by atoms with Crippen molar-refractivity contribution in [1.29, 1.82) is 5.26 Å². The van der Waals surface area contributed by atoms with Crippen molar-refractivity contribution in [3.63, 3.8) is 0 Å². The summed E-state index contributed by atoms with van der Waals surface area (Å²) in [4.78, 5) is 0. The van der Waals surface area contributed by atoms with Crippen molar-refractivity contribution in [2.45, 2.75) is 51.6 Å². The van der Waals surface area contributed by atoms with Crippen molar-refractivity contribution in [2.75, 3.05) is 13.2 Å². The Morgan fingerprint density at radius 3 is 2.48 bits per heavy atom. The average Bonchev–Trinajstić information content (AvgIpc) is 2.45. The van der Waals surface area contributed by atoms with E-state index >= 15 is 0 Å². The lowest BCUT2D eigenvalue weighted by Crippen LogP contribution is -2.43. The lowest BCUT2D eigenvalue weighted by atomic mass is 10.1. The van der Waals surface area contributed by atoms with Gasteiger partial charge in [-0.05, 0) is 41.9 Å². The molecule has 1 atom stereocenters. The Kier molecular flexibility index (Phi) is 6.90. The maximum atomic E-state index is 13.4. The van der Waals surface area contributed by atoms with Gasteiger partial charge >= 0.3 is 0 Å². The summed E-state index contributed by atoms with van der Waals surface area (Å²) in [6.07, 6.45) is -0.474. The van der Waals surface area contributed by atoms with Crippen LogP contribution in [0.4, 0.5) is 4.39 Å². The maximum absolute atomic E-state index is 13.4. The highest BCUT2D eigenvalue weighted by atomic mass is 28.4. The molecule has 0 spiro atoms. The summed E-state index contributed by atoms with van der Waals surface area (Å²) in [6, 6.07) is 5.98. The molecule has 1 N–H and O–H groups in total. The molecule has 0 heterocycles. The highest BCUT2D eigenvalue weighted by molar-refractivity contribution is 6.74. The predicted molar refractivity (Wildman–Crippen MR) is 89.9 cm³/mol. The molecule has 6 heteroatoms. The van der Waals surface area contributed by atoms with Gasteiger partial charge in [-0.3, -0.25) is 0 Å². The van der Waals surface area contributed by atoms with E-state index in [-0.39, 0.29) is 23.8 Å². The summed E-state index contributed by atoms with van der Waals surface area (Å²) in [5.41, 5.74) is 0.814. The number of hydrogen-bond acceptors (Lipinski definition) is 4. The van der Waals surface area contributed by atoms with Crippen molar-refractivity contribution >= 4 is 8.32 Å². The van der Waals surface area contributed by atoms with Gasteiger partial charge in [0.05, 0.1) is 31.5 Å². The minimum atomic E-state index is -1.91. The first-order valence-electron chi connectivity index (χ1n) is 7.65. The summed E-state index contributed by atoms with van der Waals surface area (Å²) < 4.78 is 25.0. The number of benzene rings is 1. The molecule has 0 aliphatic carbocycles. The number of nitrogens with zero attached hydrogens (tertiary/aromatic N) is 1. The maximum Gasteiger partial charge on any atom is 0.192 e. The number of nitriles is 1. The van der Waals surface area contributed by atoms with Crippen LogP contribution in [0.1, 0.15) is 31.9 Å². The van der Waals surface area contributed by atoms with Gasteiger partial charge in [-0.2, -0.15) is 5.26 Å². The summed E-state index contributed by atoms with van der Waals surface area (Å²) >= 11 is 0. The fourth-order valence-corrected chi connectivity index (χ4v) is 2.72. The van der Waals surface area contributed by atoms with Crippen molar-refractivity contribution < 1.29 is 18.7 Å². The molecule has 0 saturated heterocycles. The molecule has 1 rings (SSSR count). The summed E-state index contributed by atoms with van der Waals surface area (Å²) in [5, 5.41) is 18.4. The minimum Gasteiger partial charge on any atom is -0.414 e. The van der Waals surface area contributed by atoms with Crippen LogP contribution in [0.3, 0.4) is 0 Å². The van der Waals surface area contributed by atoms with E-state index in [1.165, 1.54) is 12.1 Å². The van der Waals surface area contributed by atoms with E-state index in [4.69, 9.17) is 14.4 Å². The number of aliphatic hydroxyl groups is 1. The van der Waals surface area contributed by atoms with E-state index in [9.17, 15) is 9.50 Å². The second-order valence-electron chi connectivity index (χ2n) is 7.15. The third-order valence-electron chi connectivity index (χ3n) is 4.21. The van der Waals surface area contributed by atoms with E-state index < -0.39 is 20.2 Å². The van der Waals surface area contributed by atoms with Crippen LogP contribution in [0, 0.1) is 17.1 Å². The van der Waals surface area contributed by atoms with Gasteiger partial charge in [-0.15, -0.1) is 0 Å². The molecule has 0 bridgehead atoms. The second kappa shape index (κ2) is 8.02. The molecule has 1 aromatic carbocycles. The van der Waals surface area contributed by atoms with E-state index in [0.717, 1.165) is 0 Å². The van der Waals surface area contributed by atoms with E-state index in [1.54, 1.807) is 6.07 Å². The summed E-state index contributed by atoms with van der Waals surface area (Å²) in [6.45, 7) is 10.9. The van der Waals surface area contributed by atoms with Crippen LogP contribution in [0.5, 0.6) is 0 Å². The Morgan fingerprint density at radius 1 is 1.30 bits per heavy atom. The topological polar surface area (TPSA) is 62.5 Å². The third-order valence-corrected chi connectivity index (χ3v) is 8.71. The van der Waals surface area contributed by atoms with E-state index in [0.29, 0.717) is 12.2 Å². The molecule has 4 nitrogen and oxygen atoms in total. The number of aliphatic hydroxyl groups excluding tert-OH is 1. The minimum absolute atomic E-state index is 0.0806. The van der Waals surface area contributed by atoms with Crippen LogP contribution in [-0.4, -0.2) is 32.7 Å². The molecule has 0 aliphatic rings. The largest absolute Gasteiger partial charge is 0.414 e. The Morgan fingerprint density at radius 2 is 1.96 bits per heavy atom. The lowest BCUT2D eigenvalue weighted by molar-refractivity contribution is -0.0255. The molecule has 0 radical (unpaired) electrons. The SMILES string of the molecule is CC(C)(C)[Si](C)(C)OC[C@@H](CO)OCc1cc(F)cc(C#N)c1. The normalized spacial score (nSPS) is 13.7. The zero-order valence-electron chi connectivity index (χ0n) is 14.5. The van der Waals surface area contributed by atoms with Gasteiger partial charge in [0.1, 0.15) is 11.9 Å². The Hall–Kier alpha value is -1.26. The Bertz CT molecular complexity index is 564. The molecule has 128 valence electrons. The lowest BCUT2D eigenvalue weighted by Gasteiger charge is -2.37. The van der Waals surface area contributed by atoms with Gasteiger partial charge in [0, 0.05) is 0 Å². The van der Waals surface area contributed by atoms with Crippen molar-refractivity contribution in [2.24, 2.45) is 0 Å². The molecule has 0 fully saturated rings. The van der Waals surface area contributed by atoms with Crippen molar-refractivity contribution in [1.82, 2.24) is 0 Å². The van der Waals surface area contributed by atoms with Crippen LogP contribution in [-0.2, 0) is 15.8 Å². The molecule has 0 saturated carbocycles. The van der Waals surface area contributed by atoms with E-state index in [1.807, 2.05) is 6.07 Å². The van der Waals surface area contributed by atoms with Gasteiger partial charge in [0.15, 0.2) is 8.32 Å². The highest BCUT2D eigenvalue weighted by Crippen LogP contribution is 2.36. The van der Waals surface area contributed by atoms with Gasteiger partial charge in [-0.1, -0.05) is 20.8 Å². The fraction of sp³-hybridized carbons (Fsp3) is 0.588. The van der Waals surface area contributed by atoms with Gasteiger partial charge in [-0.25, -0.2) is 4.39 Å². The third kappa shape index (κ3) is 6.03. The van der Waals surface area contributed by atoms with Crippen LogP contribution >= 0.6 is 0 Å². The standard InChI is InChI=1S/C17H26FNO3Si/c1-17(2,3)23(4,5)22-12-16(10-20)21-11-14-6-13(9-19)7-15(18)8-14/h6-8,16,20H,10-12H2,1-5H3/t16-/m1/s1. The number of ether oxygens (including phenoxy) is 1. The first-order chi connectivity index (χ1) is 10.6. The molecule has 0 aromatic heterocycles. The average molecular weight is 339 g/mol. The van der Waals surface area contributed by atoms with Gasteiger partial charge < -0.3 is 14.3 Å². The molecule has 23 heavy (non-hydrogen) atoms. The van der Waals surface area contributed by atoms with Crippen LogP contribution in [0.25, 0.3) is 0 Å². The van der Waals surface area contributed by atoms with Crippen molar-refractivity contribution in [3.8, 4) is 6.07 Å². The van der Waals surface area contributed by atoms with E-state index in [2.05, 4.69) is 33.9 Å². The smallest absolute Gasteiger partial charge is 0.192 e. The second-order valence-corrected chi connectivity index (χ2v) is 12.0. The van der Waals surface area contributed by atoms with Crippen molar-refractivity contribution in [3.05, 3.63) is 35.1 Å². The quantitative estimate of drug-likeness (QED) is 0.771. The zero-order chi connectivity index (χ0) is 17.7. The monoisotopic (exact) mass is 339 g/mol. The fourth-order valence-electron chi connectivity index (χ4n) is 1.68. The number of rotatable bonds is 7. The number of hydrogen-bond donors (Lipinski definition) is 1. The number of halogens is 1. The van der Waals surface area contributed by atoms with Crippen LogP contribution in [0.2, 0.25) is 18.1 Å². The summed E-state index contributed by atoms with van der Waals surface area (Å²) in [5.74, 6) is -0.472. The first-order valence-corrected chi connectivity index (χ1v) is 10.6. The molecule has 0 amide bonds. The Balaban J connectivity index is 2.61. The molecular weight excluding hydrogens is 313 g/mol. The molecule has 0 unspecified atom stereocenters. The molecular formula is C17H26FNO3Si. The van der Waals surface area contributed by atoms with Crippen LogP contribution in [0.15, 0.2) is 18.2 Å².